The minimum Gasteiger partial charge on any atom is -0.354 e. The Kier molecular flexibility index (Phi) is 5.23. The summed E-state index contributed by atoms with van der Waals surface area (Å²) in [4.78, 5) is 16.0. The smallest absolute Gasteiger partial charge is 0.224 e. The van der Waals surface area contributed by atoms with E-state index in [1.54, 1.807) is 18.5 Å². The van der Waals surface area contributed by atoms with Crippen LogP contribution in [0.2, 0.25) is 5.02 Å². The van der Waals surface area contributed by atoms with Crippen LogP contribution in [-0.4, -0.2) is 27.2 Å². The second-order valence-corrected chi connectivity index (χ2v) is 5.73. The second-order valence-electron chi connectivity index (χ2n) is 5.32. The van der Waals surface area contributed by atoms with Crippen molar-refractivity contribution in [1.82, 2.24) is 20.1 Å². The third kappa shape index (κ3) is 4.20. The zero-order chi connectivity index (χ0) is 16.8. The molecule has 5 nitrogen and oxygen atoms in total. The Labute approximate surface area is 145 Å². The van der Waals surface area contributed by atoms with Crippen LogP contribution in [0.1, 0.15) is 5.56 Å². The standard InChI is InChI=1S/C18H17ClN4O/c19-16-4-2-1-3-15(16)13-18(24)21-10-12-23-11-7-17(22-23)14-5-8-20-9-6-14/h1-9,11H,10,12-13H2,(H,21,24). The number of carbonyl (C=O) groups is 1. The largest absolute Gasteiger partial charge is 0.354 e. The first-order chi connectivity index (χ1) is 11.7. The summed E-state index contributed by atoms with van der Waals surface area (Å²) in [5.41, 5.74) is 2.74. The minimum atomic E-state index is -0.0513. The zero-order valence-corrected chi connectivity index (χ0v) is 13.8. The third-order valence-corrected chi connectivity index (χ3v) is 3.96. The summed E-state index contributed by atoms with van der Waals surface area (Å²) in [5.74, 6) is -0.0513. The van der Waals surface area contributed by atoms with Crippen molar-refractivity contribution < 1.29 is 4.79 Å². The number of aromatic nitrogens is 3. The van der Waals surface area contributed by atoms with E-state index in [-0.39, 0.29) is 12.3 Å². The van der Waals surface area contributed by atoms with Gasteiger partial charge in [0.1, 0.15) is 0 Å². The monoisotopic (exact) mass is 340 g/mol. The second kappa shape index (κ2) is 7.75. The number of carbonyl (C=O) groups excluding carboxylic acids is 1. The fourth-order valence-corrected chi connectivity index (χ4v) is 2.55. The van der Waals surface area contributed by atoms with Gasteiger partial charge in [0.25, 0.3) is 0 Å². The van der Waals surface area contributed by atoms with Crippen molar-refractivity contribution in [3.05, 3.63) is 71.6 Å². The van der Waals surface area contributed by atoms with Crippen molar-refractivity contribution in [3.8, 4) is 11.3 Å². The molecule has 0 spiro atoms. The van der Waals surface area contributed by atoms with E-state index in [1.165, 1.54) is 0 Å². The number of hydrogen-bond donors (Lipinski definition) is 1. The number of rotatable bonds is 6. The van der Waals surface area contributed by atoms with E-state index in [2.05, 4.69) is 15.4 Å². The molecule has 0 fully saturated rings. The Morgan fingerprint density at radius 3 is 2.71 bits per heavy atom. The fraction of sp³-hybridized carbons (Fsp3) is 0.167. The molecular weight excluding hydrogens is 324 g/mol. The van der Waals surface area contributed by atoms with Gasteiger partial charge in [-0.3, -0.25) is 14.5 Å². The predicted octanol–water partition coefficient (Wildman–Crippen LogP) is 2.96. The SMILES string of the molecule is O=C(Cc1ccccc1Cl)NCCn1ccc(-c2ccncc2)n1. The molecule has 1 aromatic carbocycles. The van der Waals surface area contributed by atoms with Gasteiger partial charge in [0.2, 0.25) is 5.91 Å². The van der Waals surface area contributed by atoms with Gasteiger partial charge in [-0.15, -0.1) is 0 Å². The van der Waals surface area contributed by atoms with Gasteiger partial charge >= 0.3 is 0 Å². The van der Waals surface area contributed by atoms with Crippen LogP contribution in [0.4, 0.5) is 0 Å². The highest BCUT2D eigenvalue weighted by atomic mass is 35.5. The van der Waals surface area contributed by atoms with Gasteiger partial charge in [-0.25, -0.2) is 0 Å². The number of halogens is 1. The lowest BCUT2D eigenvalue weighted by molar-refractivity contribution is -0.120. The molecule has 0 saturated carbocycles. The molecule has 0 bridgehead atoms. The Bertz CT molecular complexity index is 817. The summed E-state index contributed by atoms with van der Waals surface area (Å²) in [6, 6.07) is 13.1. The van der Waals surface area contributed by atoms with Gasteiger partial charge < -0.3 is 5.32 Å². The van der Waals surface area contributed by atoms with Gasteiger partial charge in [-0.05, 0) is 29.8 Å². The number of benzene rings is 1. The maximum absolute atomic E-state index is 12.0. The molecule has 122 valence electrons. The molecular formula is C18H17ClN4O. The molecule has 0 aliphatic rings. The highest BCUT2D eigenvalue weighted by molar-refractivity contribution is 6.31. The average molecular weight is 341 g/mol. The van der Waals surface area contributed by atoms with Crippen LogP contribution in [0.25, 0.3) is 11.3 Å². The van der Waals surface area contributed by atoms with Crippen LogP contribution < -0.4 is 5.32 Å². The molecule has 2 heterocycles. The number of amides is 1. The average Bonchev–Trinajstić information content (AvgIpc) is 3.07. The molecule has 0 radical (unpaired) electrons. The normalized spacial score (nSPS) is 10.5. The molecule has 1 amide bonds. The van der Waals surface area contributed by atoms with Gasteiger partial charge in [0.15, 0.2) is 0 Å². The minimum absolute atomic E-state index is 0.0513. The number of pyridine rings is 1. The van der Waals surface area contributed by atoms with Crippen LogP contribution in [0.15, 0.2) is 61.1 Å². The highest BCUT2D eigenvalue weighted by Gasteiger charge is 2.06. The van der Waals surface area contributed by atoms with Crippen molar-refractivity contribution in [2.45, 2.75) is 13.0 Å². The Morgan fingerprint density at radius 2 is 1.92 bits per heavy atom. The summed E-state index contributed by atoms with van der Waals surface area (Å²) < 4.78 is 1.81. The van der Waals surface area contributed by atoms with Crippen molar-refractivity contribution >= 4 is 17.5 Å². The van der Waals surface area contributed by atoms with E-state index in [9.17, 15) is 4.79 Å². The van der Waals surface area contributed by atoms with E-state index in [0.29, 0.717) is 18.1 Å². The number of nitrogens with zero attached hydrogens (tertiary/aromatic N) is 3. The van der Waals surface area contributed by atoms with Crippen LogP contribution in [-0.2, 0) is 17.8 Å². The Balaban J connectivity index is 1.49. The van der Waals surface area contributed by atoms with E-state index >= 15 is 0 Å². The van der Waals surface area contributed by atoms with E-state index in [0.717, 1.165) is 16.8 Å². The first kappa shape index (κ1) is 16.2. The number of nitrogens with one attached hydrogen (secondary N) is 1. The Hall–Kier alpha value is -2.66. The predicted molar refractivity (Wildman–Crippen MR) is 93.6 cm³/mol. The number of hydrogen-bond acceptors (Lipinski definition) is 3. The summed E-state index contributed by atoms with van der Waals surface area (Å²) in [5, 5.41) is 7.99. The van der Waals surface area contributed by atoms with Crippen LogP contribution in [0.3, 0.4) is 0 Å². The zero-order valence-electron chi connectivity index (χ0n) is 13.0. The van der Waals surface area contributed by atoms with E-state index in [1.807, 2.05) is 47.3 Å². The molecule has 1 N–H and O–H groups in total. The molecule has 0 aliphatic heterocycles. The lowest BCUT2D eigenvalue weighted by Crippen LogP contribution is -2.28. The molecule has 0 atom stereocenters. The fourth-order valence-electron chi connectivity index (χ4n) is 2.35. The quantitative estimate of drug-likeness (QED) is 0.750. The maximum Gasteiger partial charge on any atom is 0.224 e. The first-order valence-corrected chi connectivity index (χ1v) is 8.04. The van der Waals surface area contributed by atoms with Crippen LogP contribution in [0, 0.1) is 0 Å². The summed E-state index contributed by atoms with van der Waals surface area (Å²) >= 11 is 6.06. The summed E-state index contributed by atoms with van der Waals surface area (Å²) in [7, 11) is 0. The molecule has 3 aromatic rings. The van der Waals surface area contributed by atoms with Crippen LogP contribution in [0.5, 0.6) is 0 Å². The third-order valence-electron chi connectivity index (χ3n) is 3.59. The lowest BCUT2D eigenvalue weighted by Gasteiger charge is -2.07. The molecule has 0 saturated heterocycles. The molecule has 3 rings (SSSR count). The van der Waals surface area contributed by atoms with Crippen LogP contribution >= 0.6 is 11.6 Å². The van der Waals surface area contributed by atoms with Crippen molar-refractivity contribution in [2.75, 3.05) is 6.54 Å². The molecule has 0 unspecified atom stereocenters. The van der Waals surface area contributed by atoms with E-state index in [4.69, 9.17) is 11.6 Å². The first-order valence-electron chi connectivity index (χ1n) is 7.66. The highest BCUT2D eigenvalue weighted by Crippen LogP contribution is 2.16. The van der Waals surface area contributed by atoms with Crippen molar-refractivity contribution in [3.63, 3.8) is 0 Å². The van der Waals surface area contributed by atoms with Crippen molar-refractivity contribution in [1.29, 1.82) is 0 Å². The van der Waals surface area contributed by atoms with Crippen molar-refractivity contribution in [2.24, 2.45) is 0 Å². The Morgan fingerprint density at radius 1 is 1.12 bits per heavy atom. The summed E-state index contributed by atoms with van der Waals surface area (Å²) in [6.07, 6.45) is 5.66. The molecule has 24 heavy (non-hydrogen) atoms. The van der Waals surface area contributed by atoms with Gasteiger partial charge in [0.05, 0.1) is 18.7 Å². The maximum atomic E-state index is 12.0. The molecule has 6 heteroatoms. The van der Waals surface area contributed by atoms with Gasteiger partial charge in [-0.2, -0.15) is 5.10 Å². The molecule has 0 aliphatic carbocycles. The van der Waals surface area contributed by atoms with Gasteiger partial charge in [-0.1, -0.05) is 29.8 Å². The lowest BCUT2D eigenvalue weighted by atomic mass is 10.1. The summed E-state index contributed by atoms with van der Waals surface area (Å²) in [6.45, 7) is 1.13. The molecule has 2 aromatic heterocycles. The van der Waals surface area contributed by atoms with E-state index < -0.39 is 0 Å². The topological polar surface area (TPSA) is 59.8 Å². The van der Waals surface area contributed by atoms with Gasteiger partial charge in [0, 0.05) is 35.7 Å².